The van der Waals surface area contributed by atoms with Crippen molar-refractivity contribution in [3.8, 4) is 5.75 Å². The van der Waals surface area contributed by atoms with Gasteiger partial charge >= 0.3 is 5.63 Å². The first-order valence-electron chi connectivity index (χ1n) is 7.76. The monoisotopic (exact) mass is 322 g/mol. The minimum Gasteiger partial charge on any atom is -0.506 e. The molecule has 0 bridgehead atoms. The second-order valence-electron chi connectivity index (χ2n) is 6.29. The Bertz CT molecular complexity index is 769. The van der Waals surface area contributed by atoms with E-state index in [1.807, 2.05) is 6.92 Å². The fraction of sp³-hybridized carbons (Fsp3) is 0.471. The van der Waals surface area contributed by atoms with Gasteiger partial charge in [0, 0.05) is 11.5 Å². The average Bonchev–Trinajstić information content (AvgIpc) is 2.47. The number of phenolic OH excluding ortho intramolecular Hbond substituents is 1. The maximum absolute atomic E-state index is 11.7. The fourth-order valence-electron chi connectivity index (χ4n) is 3.38. The molecule has 0 amide bonds. The minimum atomic E-state index is -0.394. The number of fused-ring (bicyclic) bond motifs is 1. The Morgan fingerprint density at radius 2 is 2.18 bits per heavy atom. The summed E-state index contributed by atoms with van der Waals surface area (Å²) in [4.78, 5) is 13.1. The molecule has 1 aliphatic rings. The van der Waals surface area contributed by atoms with Crippen molar-refractivity contribution in [3.05, 3.63) is 38.7 Å². The largest absolute Gasteiger partial charge is 0.506 e. The van der Waals surface area contributed by atoms with E-state index >= 15 is 0 Å². The third kappa shape index (κ3) is 2.73. The molecule has 1 saturated heterocycles. The van der Waals surface area contributed by atoms with Crippen LogP contribution in [0.3, 0.4) is 0 Å². The average molecular weight is 323 g/mol. The molecule has 1 aromatic heterocycles. The molecule has 0 radical (unpaired) electrons. The van der Waals surface area contributed by atoms with Crippen molar-refractivity contribution in [2.75, 3.05) is 6.54 Å². The highest BCUT2D eigenvalue weighted by Gasteiger charge is 2.26. The van der Waals surface area contributed by atoms with Crippen molar-refractivity contribution in [2.24, 2.45) is 0 Å². The Morgan fingerprint density at radius 3 is 2.91 bits per heavy atom. The Balaban J connectivity index is 2.14. The van der Waals surface area contributed by atoms with Crippen molar-refractivity contribution in [1.82, 2.24) is 0 Å². The molecule has 0 aliphatic carbocycles. The van der Waals surface area contributed by atoms with Gasteiger partial charge < -0.3 is 14.4 Å². The van der Waals surface area contributed by atoms with Crippen LogP contribution in [-0.4, -0.2) is 17.7 Å². The predicted molar refractivity (Wildman–Crippen MR) is 86.7 cm³/mol. The van der Waals surface area contributed by atoms with Crippen LogP contribution in [0.5, 0.6) is 5.75 Å². The lowest BCUT2D eigenvalue weighted by Gasteiger charge is -2.30. The number of benzene rings is 1. The lowest BCUT2D eigenvalue weighted by Crippen LogP contribution is -3.14. The molecule has 0 saturated carbocycles. The van der Waals surface area contributed by atoms with Gasteiger partial charge in [-0.1, -0.05) is 11.6 Å². The van der Waals surface area contributed by atoms with E-state index in [-0.39, 0.29) is 5.75 Å². The minimum absolute atomic E-state index is 0.0354. The highest BCUT2D eigenvalue weighted by molar-refractivity contribution is 6.33. The molecule has 1 fully saturated rings. The van der Waals surface area contributed by atoms with Crippen molar-refractivity contribution in [1.29, 1.82) is 0 Å². The first-order chi connectivity index (χ1) is 10.5. The summed E-state index contributed by atoms with van der Waals surface area (Å²) in [6.45, 7) is 5.76. The summed E-state index contributed by atoms with van der Waals surface area (Å²) in [6, 6.07) is 3.65. The first-order valence-corrected chi connectivity index (χ1v) is 8.14. The zero-order valence-corrected chi connectivity index (χ0v) is 13.7. The van der Waals surface area contributed by atoms with E-state index in [2.05, 4.69) is 6.92 Å². The van der Waals surface area contributed by atoms with Gasteiger partial charge in [-0.05, 0) is 44.7 Å². The number of aromatic hydroxyl groups is 1. The first kappa shape index (κ1) is 15.4. The van der Waals surface area contributed by atoms with Crippen LogP contribution >= 0.6 is 11.6 Å². The van der Waals surface area contributed by atoms with Gasteiger partial charge in [-0.3, -0.25) is 0 Å². The highest BCUT2D eigenvalue weighted by atomic mass is 35.5. The van der Waals surface area contributed by atoms with Gasteiger partial charge in [-0.15, -0.1) is 0 Å². The number of nitrogens with one attached hydrogen (secondary N) is 1. The highest BCUT2D eigenvalue weighted by Crippen LogP contribution is 2.35. The quantitative estimate of drug-likeness (QED) is 0.835. The number of hydrogen-bond donors (Lipinski definition) is 2. The molecule has 3 rings (SSSR count). The van der Waals surface area contributed by atoms with E-state index in [0.29, 0.717) is 28.8 Å². The SMILES string of the molecule is Cc1cc(=O)oc2c(C[NH+]3CCCCC3C)c(O)c(Cl)cc12. The Morgan fingerprint density at radius 1 is 1.41 bits per heavy atom. The zero-order valence-electron chi connectivity index (χ0n) is 12.9. The summed E-state index contributed by atoms with van der Waals surface area (Å²) < 4.78 is 5.40. The molecule has 22 heavy (non-hydrogen) atoms. The molecule has 0 spiro atoms. The third-order valence-electron chi connectivity index (χ3n) is 4.75. The number of quaternary nitrogens is 1. The van der Waals surface area contributed by atoms with E-state index in [1.54, 1.807) is 6.07 Å². The number of aryl methyl sites for hydroxylation is 1. The molecule has 2 N–H and O–H groups in total. The molecule has 4 nitrogen and oxygen atoms in total. The predicted octanol–water partition coefficient (Wildman–Crippen LogP) is 2.42. The van der Waals surface area contributed by atoms with Crippen LogP contribution in [0.2, 0.25) is 5.02 Å². The number of likely N-dealkylation sites (tertiary alicyclic amines) is 1. The Hall–Kier alpha value is -1.52. The van der Waals surface area contributed by atoms with Gasteiger partial charge in [0.15, 0.2) is 5.58 Å². The summed E-state index contributed by atoms with van der Waals surface area (Å²) in [5.74, 6) is 0.0354. The maximum atomic E-state index is 11.7. The van der Waals surface area contributed by atoms with E-state index < -0.39 is 5.63 Å². The van der Waals surface area contributed by atoms with Gasteiger partial charge in [-0.2, -0.15) is 0 Å². The Kier molecular flexibility index (Phi) is 4.15. The second kappa shape index (κ2) is 5.94. The van der Waals surface area contributed by atoms with E-state index in [1.165, 1.54) is 30.2 Å². The van der Waals surface area contributed by atoms with Crippen LogP contribution in [0.1, 0.15) is 37.3 Å². The van der Waals surface area contributed by atoms with Crippen LogP contribution in [0, 0.1) is 6.92 Å². The van der Waals surface area contributed by atoms with Crippen LogP contribution in [0.15, 0.2) is 21.3 Å². The number of piperidine rings is 1. The topological polar surface area (TPSA) is 54.9 Å². The lowest BCUT2D eigenvalue weighted by atomic mass is 10.0. The fourth-order valence-corrected chi connectivity index (χ4v) is 3.60. The molecule has 1 aliphatic heterocycles. The second-order valence-corrected chi connectivity index (χ2v) is 6.70. The van der Waals surface area contributed by atoms with Gasteiger partial charge in [-0.25, -0.2) is 4.79 Å². The summed E-state index contributed by atoms with van der Waals surface area (Å²) in [5.41, 5.74) is 1.54. The van der Waals surface area contributed by atoms with E-state index in [0.717, 1.165) is 17.5 Å². The zero-order chi connectivity index (χ0) is 15.9. The molecule has 2 heterocycles. The summed E-state index contributed by atoms with van der Waals surface area (Å²) >= 11 is 6.18. The van der Waals surface area contributed by atoms with Crippen molar-refractivity contribution >= 4 is 22.6 Å². The molecular weight excluding hydrogens is 302 g/mol. The summed E-state index contributed by atoms with van der Waals surface area (Å²) in [7, 11) is 0. The van der Waals surface area contributed by atoms with Gasteiger partial charge in [0.1, 0.15) is 12.3 Å². The number of halogens is 1. The van der Waals surface area contributed by atoms with Gasteiger partial charge in [0.25, 0.3) is 0 Å². The number of phenols is 1. The van der Waals surface area contributed by atoms with Crippen LogP contribution in [0.4, 0.5) is 0 Å². The Labute approximate surface area is 134 Å². The van der Waals surface area contributed by atoms with E-state index in [4.69, 9.17) is 16.0 Å². The molecule has 1 aromatic carbocycles. The third-order valence-corrected chi connectivity index (χ3v) is 5.04. The van der Waals surface area contributed by atoms with Gasteiger partial charge in [0.05, 0.1) is 23.2 Å². The summed E-state index contributed by atoms with van der Waals surface area (Å²) in [5, 5.41) is 11.5. The summed E-state index contributed by atoms with van der Waals surface area (Å²) in [6.07, 6.45) is 3.61. The molecule has 2 aromatic rings. The van der Waals surface area contributed by atoms with E-state index in [9.17, 15) is 9.90 Å². The molecule has 2 atom stereocenters. The lowest BCUT2D eigenvalue weighted by molar-refractivity contribution is -0.941. The van der Waals surface area contributed by atoms with Crippen LogP contribution < -0.4 is 10.5 Å². The molecule has 5 heteroatoms. The van der Waals surface area contributed by atoms with Crippen molar-refractivity contribution < 1.29 is 14.4 Å². The van der Waals surface area contributed by atoms with Crippen LogP contribution in [-0.2, 0) is 6.54 Å². The van der Waals surface area contributed by atoms with Gasteiger partial charge in [0.2, 0.25) is 0 Å². The molecular formula is C17H21ClNO3+. The van der Waals surface area contributed by atoms with Crippen molar-refractivity contribution in [3.63, 3.8) is 0 Å². The standard InChI is InChI=1S/C17H20ClNO3/c1-10-7-15(20)22-17-12(10)8-14(18)16(21)13(17)9-19-6-4-3-5-11(19)2/h7-8,11,21H,3-6,9H2,1-2H3/p+1. The van der Waals surface area contributed by atoms with Crippen molar-refractivity contribution in [2.45, 2.75) is 45.7 Å². The molecule has 2 unspecified atom stereocenters. The smallest absolute Gasteiger partial charge is 0.336 e. The number of rotatable bonds is 2. The van der Waals surface area contributed by atoms with Crippen LogP contribution in [0.25, 0.3) is 11.0 Å². The molecule has 118 valence electrons. The maximum Gasteiger partial charge on any atom is 0.336 e. The number of hydrogen-bond acceptors (Lipinski definition) is 3. The normalized spacial score (nSPS) is 22.1.